The third-order valence-electron chi connectivity index (χ3n) is 3.04. The van der Waals surface area contributed by atoms with E-state index in [-0.39, 0.29) is 0 Å². The highest BCUT2D eigenvalue weighted by Crippen LogP contribution is 2.27. The van der Waals surface area contributed by atoms with Gasteiger partial charge in [-0.05, 0) is 37.1 Å². The average molecular weight is 275 g/mol. The minimum Gasteiger partial charge on any atom is -0.457 e. The van der Waals surface area contributed by atoms with Gasteiger partial charge in [0.2, 0.25) is 0 Å². The lowest BCUT2D eigenvalue weighted by Crippen LogP contribution is -2.15. The molecule has 3 rings (SSSR count). The van der Waals surface area contributed by atoms with Crippen molar-refractivity contribution in [2.75, 3.05) is 0 Å². The summed E-state index contributed by atoms with van der Waals surface area (Å²) in [6, 6.07) is 9.95. The number of ether oxygens (including phenoxy) is 1. The Labute approximate surface area is 117 Å². The zero-order valence-electron chi connectivity index (χ0n) is 10.5. The molecule has 1 N–H and O–H groups in total. The third kappa shape index (κ3) is 3.46. The molecule has 98 valence electrons. The van der Waals surface area contributed by atoms with Crippen LogP contribution < -0.4 is 10.1 Å². The van der Waals surface area contributed by atoms with Gasteiger partial charge in [0.15, 0.2) is 0 Å². The molecule has 0 spiro atoms. The van der Waals surface area contributed by atoms with E-state index in [9.17, 15) is 0 Å². The lowest BCUT2D eigenvalue weighted by atomic mass is 10.2. The monoisotopic (exact) mass is 274 g/mol. The standard InChI is InChI=1S/C15H15ClN2O/c16-12-2-1-3-14(8-12)19-15-6-7-17-9-11(15)10-18-13-4-5-13/h1-3,6-9,13,18H,4-5,10H2. The molecule has 0 saturated heterocycles. The Morgan fingerprint density at radius 3 is 3.00 bits per heavy atom. The molecule has 0 radical (unpaired) electrons. The highest BCUT2D eigenvalue weighted by atomic mass is 35.5. The van der Waals surface area contributed by atoms with Crippen molar-refractivity contribution in [2.24, 2.45) is 0 Å². The fraction of sp³-hybridized carbons (Fsp3) is 0.267. The van der Waals surface area contributed by atoms with E-state index in [0.717, 1.165) is 23.6 Å². The van der Waals surface area contributed by atoms with E-state index >= 15 is 0 Å². The van der Waals surface area contributed by atoms with Gasteiger partial charge >= 0.3 is 0 Å². The molecule has 0 bridgehead atoms. The summed E-state index contributed by atoms with van der Waals surface area (Å²) in [5.41, 5.74) is 1.06. The lowest BCUT2D eigenvalue weighted by Gasteiger charge is -2.11. The fourth-order valence-corrected chi connectivity index (χ4v) is 2.03. The molecule has 1 heterocycles. The number of nitrogens with zero attached hydrogens (tertiary/aromatic N) is 1. The van der Waals surface area contributed by atoms with Crippen molar-refractivity contribution < 1.29 is 4.74 Å². The topological polar surface area (TPSA) is 34.1 Å². The molecule has 3 nitrogen and oxygen atoms in total. The van der Waals surface area contributed by atoms with Crippen molar-refractivity contribution in [3.8, 4) is 11.5 Å². The highest BCUT2D eigenvalue weighted by Gasteiger charge is 2.20. The Morgan fingerprint density at radius 1 is 1.32 bits per heavy atom. The quantitative estimate of drug-likeness (QED) is 0.901. The number of pyridine rings is 1. The van der Waals surface area contributed by atoms with E-state index in [1.54, 1.807) is 12.3 Å². The number of hydrogen-bond acceptors (Lipinski definition) is 3. The van der Waals surface area contributed by atoms with Crippen LogP contribution in [0.4, 0.5) is 0 Å². The van der Waals surface area contributed by atoms with Crippen molar-refractivity contribution in [2.45, 2.75) is 25.4 Å². The van der Waals surface area contributed by atoms with E-state index in [2.05, 4.69) is 10.3 Å². The van der Waals surface area contributed by atoms with Gasteiger partial charge in [-0.1, -0.05) is 17.7 Å². The number of rotatable bonds is 5. The molecular formula is C15H15ClN2O. The van der Waals surface area contributed by atoms with Crippen LogP contribution in [-0.2, 0) is 6.54 Å². The van der Waals surface area contributed by atoms with Crippen LogP contribution in [0.5, 0.6) is 11.5 Å². The van der Waals surface area contributed by atoms with Crippen LogP contribution in [0.15, 0.2) is 42.7 Å². The van der Waals surface area contributed by atoms with Crippen LogP contribution in [0.25, 0.3) is 0 Å². The van der Waals surface area contributed by atoms with Crippen LogP contribution in [-0.4, -0.2) is 11.0 Å². The third-order valence-corrected chi connectivity index (χ3v) is 3.28. The van der Waals surface area contributed by atoms with Crippen LogP contribution in [0.3, 0.4) is 0 Å². The van der Waals surface area contributed by atoms with E-state index in [1.165, 1.54) is 12.8 Å². The second kappa shape index (κ2) is 5.59. The predicted molar refractivity (Wildman–Crippen MR) is 75.6 cm³/mol. The number of nitrogens with one attached hydrogen (secondary N) is 1. The zero-order valence-corrected chi connectivity index (χ0v) is 11.2. The zero-order chi connectivity index (χ0) is 13.1. The summed E-state index contributed by atoms with van der Waals surface area (Å²) < 4.78 is 5.88. The predicted octanol–water partition coefficient (Wildman–Crippen LogP) is 3.78. The second-order valence-corrected chi connectivity index (χ2v) is 5.13. The molecular weight excluding hydrogens is 260 g/mol. The van der Waals surface area contributed by atoms with Crippen LogP contribution in [0.1, 0.15) is 18.4 Å². The molecule has 1 fully saturated rings. The molecule has 4 heteroatoms. The van der Waals surface area contributed by atoms with Crippen molar-refractivity contribution in [3.05, 3.63) is 53.3 Å². The molecule has 0 unspecified atom stereocenters. The summed E-state index contributed by atoms with van der Waals surface area (Å²) in [6.07, 6.45) is 6.12. The van der Waals surface area contributed by atoms with Crippen molar-refractivity contribution in [3.63, 3.8) is 0 Å². The first kappa shape index (κ1) is 12.5. The van der Waals surface area contributed by atoms with E-state index in [1.807, 2.05) is 30.5 Å². The molecule has 1 aromatic carbocycles. The Bertz CT molecular complexity index is 570. The lowest BCUT2D eigenvalue weighted by molar-refractivity contribution is 0.471. The molecule has 1 aromatic heterocycles. The average Bonchev–Trinajstić information content (AvgIpc) is 3.22. The molecule has 1 aliphatic rings. The maximum Gasteiger partial charge on any atom is 0.134 e. The Hall–Kier alpha value is -1.58. The Kier molecular flexibility index (Phi) is 3.67. The summed E-state index contributed by atoms with van der Waals surface area (Å²) in [7, 11) is 0. The van der Waals surface area contributed by atoms with Crippen LogP contribution in [0.2, 0.25) is 5.02 Å². The van der Waals surface area contributed by atoms with E-state index in [4.69, 9.17) is 16.3 Å². The first-order chi connectivity index (χ1) is 9.31. The summed E-state index contributed by atoms with van der Waals surface area (Å²) in [5.74, 6) is 1.57. The number of benzene rings is 1. The first-order valence-corrected chi connectivity index (χ1v) is 6.79. The number of halogens is 1. The van der Waals surface area contributed by atoms with Gasteiger partial charge < -0.3 is 10.1 Å². The molecule has 19 heavy (non-hydrogen) atoms. The minimum absolute atomic E-state index is 0.666. The highest BCUT2D eigenvalue weighted by molar-refractivity contribution is 6.30. The van der Waals surface area contributed by atoms with Crippen LogP contribution in [0, 0.1) is 0 Å². The van der Waals surface area contributed by atoms with Crippen molar-refractivity contribution in [1.29, 1.82) is 0 Å². The summed E-state index contributed by atoms with van der Waals surface area (Å²) in [6.45, 7) is 0.786. The van der Waals surface area contributed by atoms with Gasteiger partial charge in [-0.15, -0.1) is 0 Å². The maximum absolute atomic E-state index is 5.96. The van der Waals surface area contributed by atoms with Gasteiger partial charge in [-0.3, -0.25) is 4.98 Å². The normalized spacial score (nSPS) is 14.4. The molecule has 2 aromatic rings. The van der Waals surface area contributed by atoms with Gasteiger partial charge in [-0.2, -0.15) is 0 Å². The van der Waals surface area contributed by atoms with Gasteiger partial charge in [0, 0.05) is 35.6 Å². The maximum atomic E-state index is 5.96. The van der Waals surface area contributed by atoms with E-state index < -0.39 is 0 Å². The van der Waals surface area contributed by atoms with Crippen LogP contribution >= 0.6 is 11.6 Å². The van der Waals surface area contributed by atoms with Gasteiger partial charge in [0.1, 0.15) is 11.5 Å². The molecule has 1 aliphatic carbocycles. The molecule has 0 atom stereocenters. The molecule has 1 saturated carbocycles. The largest absolute Gasteiger partial charge is 0.457 e. The van der Waals surface area contributed by atoms with Crippen molar-refractivity contribution >= 4 is 11.6 Å². The Morgan fingerprint density at radius 2 is 2.21 bits per heavy atom. The fourth-order valence-electron chi connectivity index (χ4n) is 1.85. The minimum atomic E-state index is 0.666. The number of hydrogen-bond donors (Lipinski definition) is 1. The smallest absolute Gasteiger partial charge is 0.134 e. The summed E-state index contributed by atoms with van der Waals surface area (Å²) in [4.78, 5) is 4.16. The first-order valence-electron chi connectivity index (χ1n) is 6.41. The molecule has 0 amide bonds. The number of aromatic nitrogens is 1. The Balaban J connectivity index is 1.75. The van der Waals surface area contributed by atoms with Gasteiger partial charge in [0.25, 0.3) is 0 Å². The SMILES string of the molecule is Clc1cccc(Oc2ccncc2CNC2CC2)c1. The van der Waals surface area contributed by atoms with E-state index in [0.29, 0.717) is 11.1 Å². The summed E-state index contributed by atoms with van der Waals surface area (Å²) >= 11 is 5.96. The second-order valence-electron chi connectivity index (χ2n) is 4.70. The molecule has 0 aliphatic heterocycles. The van der Waals surface area contributed by atoms with Gasteiger partial charge in [-0.25, -0.2) is 0 Å². The van der Waals surface area contributed by atoms with Crippen molar-refractivity contribution in [1.82, 2.24) is 10.3 Å². The van der Waals surface area contributed by atoms with Gasteiger partial charge in [0.05, 0.1) is 0 Å². The summed E-state index contributed by atoms with van der Waals surface area (Å²) in [5, 5.41) is 4.13.